The zero-order valence-electron chi connectivity index (χ0n) is 49.7. The van der Waals surface area contributed by atoms with Gasteiger partial charge in [0.1, 0.15) is 0 Å². The molecule has 31 heteroatoms. The second kappa shape index (κ2) is 23.8. The molecule has 522 valence electrons. The molecule has 0 atom stereocenters. The van der Waals surface area contributed by atoms with Gasteiger partial charge < -0.3 is 9.13 Å². The van der Waals surface area contributed by atoms with Crippen LogP contribution in [0.4, 0.5) is 119 Å². The highest BCUT2D eigenvalue weighted by molar-refractivity contribution is 6.15. The van der Waals surface area contributed by atoms with E-state index in [1.807, 2.05) is 6.07 Å². The van der Waals surface area contributed by atoms with Gasteiger partial charge in [-0.3, -0.25) is 0 Å². The molecule has 10 aromatic carbocycles. The first kappa shape index (κ1) is 70.7. The van der Waals surface area contributed by atoms with Crippen molar-refractivity contribution in [3.63, 3.8) is 0 Å². The van der Waals surface area contributed by atoms with Gasteiger partial charge in [0, 0.05) is 27.1 Å². The summed E-state index contributed by atoms with van der Waals surface area (Å²) in [5, 5.41) is 19.7. The van der Waals surface area contributed by atoms with E-state index in [0.717, 1.165) is 100 Å². The zero-order chi connectivity index (χ0) is 74.5. The number of alkyl halides is 27. The minimum Gasteiger partial charge on any atom is -0.308 e. The van der Waals surface area contributed by atoms with Crippen molar-refractivity contribution in [3.8, 4) is 79.1 Å². The number of benzene rings is 10. The van der Waals surface area contributed by atoms with Crippen LogP contribution in [0.2, 0.25) is 0 Å². The molecule has 102 heavy (non-hydrogen) atoms. The molecule has 0 aliphatic rings. The minimum atomic E-state index is -5.59. The molecule has 0 aliphatic carbocycles. The Kier molecular flexibility index (Phi) is 16.5. The van der Waals surface area contributed by atoms with Crippen LogP contribution in [0.5, 0.6) is 0 Å². The summed E-state index contributed by atoms with van der Waals surface area (Å²) in [5.41, 5.74) is -27.9. The van der Waals surface area contributed by atoms with Crippen LogP contribution in [-0.4, -0.2) is 9.13 Å². The molecule has 0 bridgehead atoms. The van der Waals surface area contributed by atoms with Gasteiger partial charge >= 0.3 is 55.6 Å². The third-order valence-electron chi connectivity index (χ3n) is 16.8. The van der Waals surface area contributed by atoms with Crippen molar-refractivity contribution >= 4 is 43.6 Å². The monoisotopic (exact) mass is 1450 g/mol. The van der Waals surface area contributed by atoms with Crippen molar-refractivity contribution in [2.45, 2.75) is 55.6 Å². The number of nitrogens with zero attached hydrogens (tertiary/aromatic N) is 4. The molecular formula is C71H29F27N4. The third-order valence-corrected chi connectivity index (χ3v) is 16.8. The van der Waals surface area contributed by atoms with E-state index in [2.05, 4.69) is 0 Å². The van der Waals surface area contributed by atoms with E-state index in [1.165, 1.54) is 0 Å². The summed E-state index contributed by atoms with van der Waals surface area (Å²) < 4.78 is 396. The molecule has 0 aliphatic heterocycles. The Morgan fingerprint density at radius 2 is 0.471 bits per heavy atom. The van der Waals surface area contributed by atoms with Crippen molar-refractivity contribution in [1.82, 2.24) is 9.13 Å². The van der Waals surface area contributed by atoms with Gasteiger partial charge in [-0.2, -0.15) is 129 Å². The van der Waals surface area contributed by atoms with E-state index in [-0.39, 0.29) is 70.6 Å². The number of fused-ring (bicyclic) bond motifs is 6. The topological polar surface area (TPSA) is 57.4 Å². The van der Waals surface area contributed by atoms with Gasteiger partial charge in [-0.25, -0.2) is 0 Å². The van der Waals surface area contributed by atoms with Gasteiger partial charge in [0.05, 0.1) is 107 Å². The first-order valence-electron chi connectivity index (χ1n) is 28.7. The Labute approximate surface area is 552 Å². The Balaban J connectivity index is 1.25. The minimum absolute atomic E-state index is 0.241. The van der Waals surface area contributed by atoms with E-state index < -0.39 is 205 Å². The predicted molar refractivity (Wildman–Crippen MR) is 317 cm³/mol. The first-order chi connectivity index (χ1) is 47.1. The average Bonchev–Trinajstić information content (AvgIpc) is 1.54. The molecule has 0 fully saturated rings. The zero-order valence-corrected chi connectivity index (χ0v) is 49.7. The van der Waals surface area contributed by atoms with Gasteiger partial charge in [-0.15, -0.1) is 0 Å². The molecule has 12 rings (SSSR count). The van der Waals surface area contributed by atoms with Crippen molar-refractivity contribution in [2.75, 3.05) is 0 Å². The molecule has 2 heterocycles. The van der Waals surface area contributed by atoms with E-state index in [4.69, 9.17) is 0 Å². The molecule has 2 aromatic heterocycles. The summed E-state index contributed by atoms with van der Waals surface area (Å²) in [4.78, 5) is 0. The highest BCUT2D eigenvalue weighted by Crippen LogP contribution is 2.52. The number of aromatic nitrogens is 2. The largest absolute Gasteiger partial charge is 0.417 e. The summed E-state index contributed by atoms with van der Waals surface area (Å²) in [6.45, 7) is 0. The molecule has 12 aromatic rings. The number of rotatable bonds is 7. The summed E-state index contributed by atoms with van der Waals surface area (Å²) in [6, 6.07) is 19.6. The van der Waals surface area contributed by atoms with Crippen LogP contribution < -0.4 is 0 Å². The molecule has 0 spiro atoms. The van der Waals surface area contributed by atoms with Crippen molar-refractivity contribution in [1.29, 1.82) is 10.5 Å². The highest BCUT2D eigenvalue weighted by Gasteiger charge is 2.44. The van der Waals surface area contributed by atoms with Crippen LogP contribution >= 0.6 is 0 Å². The predicted octanol–water partition coefficient (Wildman–Crippen LogP) is 25.1. The fraction of sp³-hybridized carbons (Fsp3) is 0.127. The maximum Gasteiger partial charge on any atom is 0.417 e. The lowest BCUT2D eigenvalue weighted by Crippen LogP contribution is -2.12. The van der Waals surface area contributed by atoms with Crippen LogP contribution in [0.3, 0.4) is 0 Å². The lowest BCUT2D eigenvalue weighted by molar-refractivity contribution is -0.144. The van der Waals surface area contributed by atoms with Gasteiger partial charge in [0.2, 0.25) is 0 Å². The average molecular weight is 1450 g/mol. The molecule has 0 saturated carbocycles. The first-order valence-corrected chi connectivity index (χ1v) is 28.7. The standard InChI is InChI=1S/C71H29F27N4/c72-63(73,74)39-5-9-44(52(26-39)68(87,88)89)34-1-13-56-48(22-34)49-23-35(45-10-6-40(64(75,76)77)27-53(45)69(90,91)92)2-14-57(49)101(56)60-19-33(31-100)20-61(62(60)38-17-32(30-99)18-43(21-38)67(84,85)86)102-58-15-3-36(46-11-7-41(65(78,79)80)28-54(46)70(93,94)95)24-50(58)51-25-37(4-16-59(51)102)47-12-8-42(66(81,82)83)29-55(47)71(96,97)98/h1-29H. The number of hydrogen-bond acceptors (Lipinski definition) is 2. The van der Waals surface area contributed by atoms with Crippen molar-refractivity contribution in [2.24, 2.45) is 0 Å². The third kappa shape index (κ3) is 12.9. The lowest BCUT2D eigenvalue weighted by Gasteiger charge is -2.22. The molecule has 0 N–H and O–H groups in total. The normalized spacial score (nSPS) is 13.2. The second-order valence-corrected chi connectivity index (χ2v) is 23.0. The summed E-state index contributed by atoms with van der Waals surface area (Å²) in [5.74, 6) is 0. The molecule has 0 unspecified atom stereocenters. The molecular weight excluding hydrogens is 1420 g/mol. The van der Waals surface area contributed by atoms with Gasteiger partial charge in [-0.1, -0.05) is 48.5 Å². The smallest absolute Gasteiger partial charge is 0.308 e. The molecule has 0 amide bonds. The molecule has 0 radical (unpaired) electrons. The van der Waals surface area contributed by atoms with Crippen LogP contribution in [0.1, 0.15) is 61.2 Å². The Hall–Kier alpha value is -11.1. The number of hydrogen-bond donors (Lipinski definition) is 0. The van der Waals surface area contributed by atoms with Crippen LogP contribution in [-0.2, 0) is 55.6 Å². The number of nitriles is 2. The van der Waals surface area contributed by atoms with Crippen molar-refractivity contribution in [3.05, 3.63) is 237 Å². The Morgan fingerprint density at radius 1 is 0.225 bits per heavy atom. The maximum atomic E-state index is 15.3. The lowest BCUT2D eigenvalue weighted by atomic mass is 9.94. The fourth-order valence-corrected chi connectivity index (χ4v) is 12.4. The quantitative estimate of drug-likeness (QED) is 0.149. The molecule has 0 saturated heterocycles. The molecule has 4 nitrogen and oxygen atoms in total. The van der Waals surface area contributed by atoms with Crippen molar-refractivity contribution < 1.29 is 119 Å². The summed E-state index contributed by atoms with van der Waals surface area (Å²) in [7, 11) is 0. The van der Waals surface area contributed by atoms with E-state index in [0.29, 0.717) is 36.4 Å². The highest BCUT2D eigenvalue weighted by atomic mass is 19.4. The Morgan fingerprint density at radius 3 is 0.696 bits per heavy atom. The Bertz CT molecular complexity index is 4970. The van der Waals surface area contributed by atoms with Crippen LogP contribution in [0.15, 0.2) is 176 Å². The maximum absolute atomic E-state index is 15.3. The fourth-order valence-electron chi connectivity index (χ4n) is 12.4. The number of halogens is 27. The van der Waals surface area contributed by atoms with Gasteiger partial charge in [0.15, 0.2) is 0 Å². The van der Waals surface area contributed by atoms with Gasteiger partial charge in [0.25, 0.3) is 0 Å². The summed E-state index contributed by atoms with van der Waals surface area (Å²) in [6.07, 6.45) is -49.2. The van der Waals surface area contributed by atoms with Crippen LogP contribution in [0.25, 0.3) is 111 Å². The van der Waals surface area contributed by atoms with E-state index in [1.54, 1.807) is 6.07 Å². The summed E-state index contributed by atoms with van der Waals surface area (Å²) >= 11 is 0. The van der Waals surface area contributed by atoms with Crippen LogP contribution in [0, 0.1) is 22.7 Å². The van der Waals surface area contributed by atoms with Gasteiger partial charge in [-0.05, 0) is 177 Å². The SMILES string of the molecule is N#Cc1cc(-c2c(-n3c4ccc(-c5ccc(C(F)(F)F)cc5C(F)(F)F)cc4c4cc(-c5ccc(C(F)(F)F)cc5C(F)(F)F)ccc43)cc(C#N)cc2-n2c3ccc(-c4ccc(C(F)(F)F)cc4C(F)(F)F)cc3c3cc(-c4ccc(C(F)(F)F)cc4C(F)(F)F)ccc32)cc(C(F)(F)F)c1. The van der Waals surface area contributed by atoms with E-state index in [9.17, 15) is 116 Å². The van der Waals surface area contributed by atoms with E-state index >= 15 is 13.2 Å². The second-order valence-electron chi connectivity index (χ2n) is 23.0.